The van der Waals surface area contributed by atoms with Crippen LogP contribution in [0.1, 0.15) is 15.9 Å². The highest BCUT2D eigenvalue weighted by Gasteiger charge is 2.17. The molecular formula is C17H10ClFN2O2. The molecule has 0 aliphatic carbocycles. The lowest BCUT2D eigenvalue weighted by Crippen LogP contribution is -2.31. The van der Waals surface area contributed by atoms with Crippen molar-refractivity contribution in [1.82, 2.24) is 5.32 Å². The van der Waals surface area contributed by atoms with Crippen LogP contribution in [0.3, 0.4) is 0 Å². The van der Waals surface area contributed by atoms with E-state index in [1.54, 1.807) is 30.3 Å². The summed E-state index contributed by atoms with van der Waals surface area (Å²) in [7, 11) is 0. The number of halogens is 2. The third-order valence-electron chi connectivity index (χ3n) is 2.92. The van der Waals surface area contributed by atoms with E-state index in [2.05, 4.69) is 0 Å². The zero-order valence-electron chi connectivity index (χ0n) is 11.7. The summed E-state index contributed by atoms with van der Waals surface area (Å²) < 4.78 is 13.5. The van der Waals surface area contributed by atoms with Crippen LogP contribution >= 0.6 is 11.6 Å². The van der Waals surface area contributed by atoms with Crippen molar-refractivity contribution in [3.05, 3.63) is 76.1 Å². The monoisotopic (exact) mass is 328 g/mol. The molecule has 0 saturated heterocycles. The molecule has 6 heteroatoms. The van der Waals surface area contributed by atoms with Crippen LogP contribution in [0.2, 0.25) is 5.02 Å². The van der Waals surface area contributed by atoms with E-state index in [4.69, 9.17) is 16.9 Å². The Kier molecular flexibility index (Phi) is 5.23. The summed E-state index contributed by atoms with van der Waals surface area (Å²) >= 11 is 5.95. The van der Waals surface area contributed by atoms with Gasteiger partial charge in [0.05, 0.1) is 5.56 Å². The summed E-state index contributed by atoms with van der Waals surface area (Å²) in [4.78, 5) is 23.9. The molecule has 23 heavy (non-hydrogen) atoms. The predicted octanol–water partition coefficient (Wildman–Crippen LogP) is 3.34. The summed E-state index contributed by atoms with van der Waals surface area (Å²) in [5.74, 6) is -2.61. The Morgan fingerprint density at radius 3 is 2.43 bits per heavy atom. The minimum Gasteiger partial charge on any atom is -0.287 e. The number of imide groups is 1. The number of carbonyl (C=O) groups excluding carboxylic acids is 2. The Morgan fingerprint density at radius 2 is 1.78 bits per heavy atom. The van der Waals surface area contributed by atoms with Crippen molar-refractivity contribution in [2.75, 3.05) is 0 Å². The molecule has 4 nitrogen and oxygen atoms in total. The molecule has 0 fully saturated rings. The standard InChI is InChI=1S/C17H10ClFN2O2/c18-14-7-3-1-5-11(14)9-12(10-20)16(22)21-17(23)13-6-2-4-8-15(13)19/h1-9H,(H,21,22,23)/b12-9+. The molecule has 2 amide bonds. The van der Waals surface area contributed by atoms with Gasteiger partial charge in [0.2, 0.25) is 0 Å². The number of nitrogens with one attached hydrogen (secondary N) is 1. The highest BCUT2D eigenvalue weighted by atomic mass is 35.5. The second-order valence-electron chi connectivity index (χ2n) is 4.45. The number of nitrogens with zero attached hydrogens (tertiary/aromatic N) is 1. The minimum atomic E-state index is -0.930. The van der Waals surface area contributed by atoms with E-state index in [1.165, 1.54) is 24.3 Å². The maximum Gasteiger partial charge on any atom is 0.268 e. The van der Waals surface area contributed by atoms with E-state index in [0.29, 0.717) is 10.6 Å². The summed E-state index contributed by atoms with van der Waals surface area (Å²) in [6.07, 6.45) is 1.26. The molecule has 0 heterocycles. The van der Waals surface area contributed by atoms with Gasteiger partial charge in [0.25, 0.3) is 11.8 Å². The third-order valence-corrected chi connectivity index (χ3v) is 3.26. The third kappa shape index (κ3) is 4.02. The number of carbonyl (C=O) groups is 2. The Labute approximate surface area is 136 Å². The van der Waals surface area contributed by atoms with E-state index in [0.717, 1.165) is 6.07 Å². The highest BCUT2D eigenvalue weighted by molar-refractivity contribution is 6.32. The van der Waals surface area contributed by atoms with Crippen molar-refractivity contribution in [2.24, 2.45) is 0 Å². The van der Waals surface area contributed by atoms with E-state index < -0.39 is 17.6 Å². The van der Waals surface area contributed by atoms with Gasteiger partial charge in [-0.3, -0.25) is 14.9 Å². The summed E-state index contributed by atoms with van der Waals surface area (Å²) in [6.45, 7) is 0. The molecule has 0 saturated carbocycles. The second-order valence-corrected chi connectivity index (χ2v) is 4.86. The van der Waals surface area contributed by atoms with Crippen molar-refractivity contribution >= 4 is 29.5 Å². The van der Waals surface area contributed by atoms with Gasteiger partial charge in [-0.1, -0.05) is 41.9 Å². The predicted molar refractivity (Wildman–Crippen MR) is 83.9 cm³/mol. The first-order valence-corrected chi connectivity index (χ1v) is 6.87. The molecule has 0 aromatic heterocycles. The van der Waals surface area contributed by atoms with Gasteiger partial charge in [-0.05, 0) is 29.8 Å². The van der Waals surface area contributed by atoms with Crippen LogP contribution in [-0.2, 0) is 4.79 Å². The van der Waals surface area contributed by atoms with Crippen LogP contribution in [-0.4, -0.2) is 11.8 Å². The van der Waals surface area contributed by atoms with Crippen LogP contribution in [0, 0.1) is 17.1 Å². The molecule has 114 valence electrons. The van der Waals surface area contributed by atoms with E-state index in [-0.39, 0.29) is 11.1 Å². The largest absolute Gasteiger partial charge is 0.287 e. The highest BCUT2D eigenvalue weighted by Crippen LogP contribution is 2.18. The molecule has 0 aliphatic heterocycles. The Balaban J connectivity index is 2.22. The molecule has 0 unspecified atom stereocenters. The van der Waals surface area contributed by atoms with Crippen LogP contribution in [0.5, 0.6) is 0 Å². The molecule has 2 aromatic rings. The second kappa shape index (κ2) is 7.34. The van der Waals surface area contributed by atoms with Crippen molar-refractivity contribution < 1.29 is 14.0 Å². The lowest BCUT2D eigenvalue weighted by molar-refractivity contribution is -0.116. The van der Waals surface area contributed by atoms with Gasteiger partial charge in [-0.25, -0.2) is 4.39 Å². The molecule has 1 N–H and O–H groups in total. The molecule has 0 radical (unpaired) electrons. The maximum absolute atomic E-state index is 13.5. The van der Waals surface area contributed by atoms with Gasteiger partial charge >= 0.3 is 0 Å². The molecule has 0 bridgehead atoms. The topological polar surface area (TPSA) is 70.0 Å². The van der Waals surface area contributed by atoms with Crippen molar-refractivity contribution in [3.63, 3.8) is 0 Å². The molecule has 0 spiro atoms. The zero-order valence-corrected chi connectivity index (χ0v) is 12.5. The average molecular weight is 329 g/mol. The van der Waals surface area contributed by atoms with E-state index in [9.17, 15) is 14.0 Å². The van der Waals surface area contributed by atoms with Crippen LogP contribution < -0.4 is 5.32 Å². The first-order valence-electron chi connectivity index (χ1n) is 6.49. The van der Waals surface area contributed by atoms with Gasteiger partial charge in [-0.2, -0.15) is 5.26 Å². The summed E-state index contributed by atoms with van der Waals surface area (Å²) in [6, 6.07) is 13.5. The number of amides is 2. The molecule has 0 aliphatic rings. The molecule has 0 atom stereocenters. The Hall–Kier alpha value is -2.97. The smallest absolute Gasteiger partial charge is 0.268 e. The maximum atomic E-state index is 13.5. The van der Waals surface area contributed by atoms with Gasteiger partial charge in [0.15, 0.2) is 0 Å². The fraction of sp³-hybridized carbons (Fsp3) is 0. The first kappa shape index (κ1) is 16.4. The SMILES string of the molecule is N#C/C(=C\c1ccccc1Cl)C(=O)NC(=O)c1ccccc1F. The quantitative estimate of drug-likeness (QED) is 0.694. The van der Waals surface area contributed by atoms with Crippen LogP contribution in [0.15, 0.2) is 54.1 Å². The van der Waals surface area contributed by atoms with Crippen molar-refractivity contribution in [3.8, 4) is 6.07 Å². The Bertz CT molecular complexity index is 840. The molecule has 2 aromatic carbocycles. The minimum absolute atomic E-state index is 0.282. The fourth-order valence-electron chi connectivity index (χ4n) is 1.78. The number of hydrogen-bond donors (Lipinski definition) is 1. The number of benzene rings is 2. The van der Waals surface area contributed by atoms with Crippen LogP contribution in [0.25, 0.3) is 6.08 Å². The number of hydrogen-bond acceptors (Lipinski definition) is 3. The lowest BCUT2D eigenvalue weighted by Gasteiger charge is -2.04. The van der Waals surface area contributed by atoms with Gasteiger partial charge < -0.3 is 0 Å². The molecular weight excluding hydrogens is 319 g/mol. The zero-order chi connectivity index (χ0) is 16.8. The average Bonchev–Trinajstić information content (AvgIpc) is 2.54. The number of nitriles is 1. The van der Waals surface area contributed by atoms with Gasteiger partial charge in [0.1, 0.15) is 17.5 Å². The Morgan fingerprint density at radius 1 is 1.13 bits per heavy atom. The molecule has 2 rings (SSSR count). The van der Waals surface area contributed by atoms with Crippen molar-refractivity contribution in [1.29, 1.82) is 5.26 Å². The lowest BCUT2D eigenvalue weighted by atomic mass is 10.1. The van der Waals surface area contributed by atoms with E-state index >= 15 is 0 Å². The number of rotatable bonds is 3. The fourth-order valence-corrected chi connectivity index (χ4v) is 1.97. The van der Waals surface area contributed by atoms with Gasteiger partial charge in [-0.15, -0.1) is 0 Å². The summed E-state index contributed by atoms with van der Waals surface area (Å²) in [5, 5.41) is 11.4. The van der Waals surface area contributed by atoms with Gasteiger partial charge in [0, 0.05) is 5.02 Å². The van der Waals surface area contributed by atoms with E-state index in [1.807, 2.05) is 5.32 Å². The van der Waals surface area contributed by atoms with Crippen molar-refractivity contribution in [2.45, 2.75) is 0 Å². The summed E-state index contributed by atoms with van der Waals surface area (Å²) in [5.41, 5.74) is -0.141. The van der Waals surface area contributed by atoms with Crippen LogP contribution in [0.4, 0.5) is 4.39 Å². The normalized spacial score (nSPS) is 10.7. The first-order chi connectivity index (χ1) is 11.0.